The molecule has 6 nitrogen and oxygen atoms in total. The maximum absolute atomic E-state index is 14.8. The number of nitrogens with zero attached hydrogens (tertiary/aromatic N) is 2. The Morgan fingerprint density at radius 2 is 1.78 bits per heavy atom. The lowest BCUT2D eigenvalue weighted by atomic mass is 9.95. The number of likely N-dealkylation sites (tertiary alicyclic amines) is 1. The van der Waals surface area contributed by atoms with Gasteiger partial charge in [0, 0.05) is 17.7 Å². The molecule has 0 unspecified atom stereocenters. The third-order valence-electron chi connectivity index (χ3n) is 5.24. The highest BCUT2D eigenvalue weighted by molar-refractivity contribution is 6.46. The normalized spacial score (nSPS) is 18.1. The van der Waals surface area contributed by atoms with Gasteiger partial charge in [-0.05, 0) is 71.2 Å². The first-order valence-corrected chi connectivity index (χ1v) is 10.7. The Bertz CT molecular complexity index is 1010. The Kier molecular flexibility index (Phi) is 7.30. The van der Waals surface area contributed by atoms with Crippen LogP contribution in [-0.4, -0.2) is 59.9 Å². The number of ketones is 1. The number of amides is 1. The number of Topliss-reactive ketones (excluding diaryl/α,β-unsaturated/α-hetero) is 1. The summed E-state index contributed by atoms with van der Waals surface area (Å²) in [5.41, 5.74) is 0.425. The van der Waals surface area contributed by atoms with Crippen LogP contribution in [0.4, 0.5) is 4.39 Å². The lowest BCUT2D eigenvalue weighted by Crippen LogP contribution is -2.32. The molecule has 0 bridgehead atoms. The van der Waals surface area contributed by atoms with E-state index in [0.29, 0.717) is 24.3 Å². The molecule has 1 fully saturated rings. The molecular formula is C25H29FN2O4. The van der Waals surface area contributed by atoms with E-state index < -0.39 is 23.5 Å². The molecule has 7 heteroatoms. The van der Waals surface area contributed by atoms with Gasteiger partial charge in [-0.1, -0.05) is 18.2 Å². The summed E-state index contributed by atoms with van der Waals surface area (Å²) < 4.78 is 20.4. The van der Waals surface area contributed by atoms with Crippen molar-refractivity contribution in [3.05, 3.63) is 71.0 Å². The van der Waals surface area contributed by atoms with Crippen molar-refractivity contribution >= 4 is 17.4 Å². The van der Waals surface area contributed by atoms with Crippen LogP contribution in [-0.2, 0) is 9.59 Å². The predicted molar refractivity (Wildman–Crippen MR) is 121 cm³/mol. The Balaban J connectivity index is 2.05. The topological polar surface area (TPSA) is 70.1 Å². The van der Waals surface area contributed by atoms with E-state index >= 15 is 0 Å². The molecule has 1 saturated heterocycles. The van der Waals surface area contributed by atoms with Gasteiger partial charge in [-0.2, -0.15) is 0 Å². The van der Waals surface area contributed by atoms with Gasteiger partial charge in [0.25, 0.3) is 11.7 Å². The van der Waals surface area contributed by atoms with Crippen molar-refractivity contribution in [1.82, 2.24) is 9.80 Å². The van der Waals surface area contributed by atoms with Crippen LogP contribution < -0.4 is 4.74 Å². The number of ether oxygens (including phenoxy) is 1. The molecular weight excluding hydrogens is 411 g/mol. The van der Waals surface area contributed by atoms with Crippen LogP contribution >= 0.6 is 0 Å². The lowest BCUT2D eigenvalue weighted by molar-refractivity contribution is -0.140. The Morgan fingerprint density at radius 1 is 1.12 bits per heavy atom. The van der Waals surface area contributed by atoms with Crippen LogP contribution in [0.3, 0.4) is 0 Å². The van der Waals surface area contributed by atoms with Crippen molar-refractivity contribution in [2.24, 2.45) is 0 Å². The monoisotopic (exact) mass is 440 g/mol. The summed E-state index contributed by atoms with van der Waals surface area (Å²) in [6.45, 7) is 4.77. The Morgan fingerprint density at radius 3 is 2.38 bits per heavy atom. The summed E-state index contributed by atoms with van der Waals surface area (Å²) in [6, 6.07) is 11.6. The minimum atomic E-state index is -0.995. The minimum Gasteiger partial charge on any atom is -0.507 e. The van der Waals surface area contributed by atoms with E-state index in [2.05, 4.69) is 0 Å². The highest BCUT2D eigenvalue weighted by atomic mass is 19.1. The number of carbonyl (C=O) groups excluding carboxylic acids is 2. The van der Waals surface area contributed by atoms with E-state index in [9.17, 15) is 19.1 Å². The van der Waals surface area contributed by atoms with Gasteiger partial charge < -0.3 is 19.6 Å². The van der Waals surface area contributed by atoms with Gasteiger partial charge in [-0.15, -0.1) is 0 Å². The van der Waals surface area contributed by atoms with Crippen molar-refractivity contribution in [3.8, 4) is 5.75 Å². The molecule has 3 rings (SSSR count). The quantitative estimate of drug-likeness (QED) is 0.382. The van der Waals surface area contributed by atoms with Gasteiger partial charge in [-0.3, -0.25) is 9.59 Å². The molecule has 1 amide bonds. The number of rotatable bonds is 8. The zero-order chi connectivity index (χ0) is 23.4. The summed E-state index contributed by atoms with van der Waals surface area (Å²) in [5, 5.41) is 11.0. The molecule has 1 aliphatic rings. The van der Waals surface area contributed by atoms with Crippen molar-refractivity contribution in [2.45, 2.75) is 32.4 Å². The number of halogens is 1. The molecule has 1 aliphatic heterocycles. The molecule has 0 aromatic heterocycles. The molecule has 1 atom stereocenters. The maximum atomic E-state index is 14.8. The molecule has 0 spiro atoms. The van der Waals surface area contributed by atoms with E-state index in [1.807, 2.05) is 32.8 Å². The summed E-state index contributed by atoms with van der Waals surface area (Å²) in [7, 11) is 3.82. The number of aliphatic hydroxyl groups excluding tert-OH is 1. The van der Waals surface area contributed by atoms with Crippen molar-refractivity contribution in [3.63, 3.8) is 0 Å². The fourth-order valence-electron chi connectivity index (χ4n) is 3.81. The van der Waals surface area contributed by atoms with E-state index in [1.165, 1.54) is 17.0 Å². The van der Waals surface area contributed by atoms with Crippen LogP contribution in [0.1, 0.15) is 37.4 Å². The predicted octanol–water partition coefficient (Wildman–Crippen LogP) is 3.99. The third-order valence-corrected chi connectivity index (χ3v) is 5.24. The maximum Gasteiger partial charge on any atom is 0.295 e. The standard InChI is InChI=1S/C25H29FN2O4/c1-16(2)32-18-12-10-17(11-13-18)23(29)21-22(19-8-5-6-9-20(19)26)28(25(31)24(21)30)15-7-14-27(3)4/h5-6,8-13,16,22,29H,7,14-15H2,1-4H3/b23-21+/t22-/m1/s1. The highest BCUT2D eigenvalue weighted by Crippen LogP contribution is 2.40. The molecule has 170 valence electrons. The largest absolute Gasteiger partial charge is 0.507 e. The zero-order valence-electron chi connectivity index (χ0n) is 18.8. The Labute approximate surface area is 187 Å². The van der Waals surface area contributed by atoms with Gasteiger partial charge in [0.2, 0.25) is 0 Å². The van der Waals surface area contributed by atoms with Crippen LogP contribution in [0.5, 0.6) is 5.75 Å². The fraction of sp³-hybridized carbons (Fsp3) is 0.360. The smallest absolute Gasteiger partial charge is 0.295 e. The Hall–Kier alpha value is -3.19. The number of hydrogen-bond acceptors (Lipinski definition) is 5. The number of benzene rings is 2. The van der Waals surface area contributed by atoms with Crippen molar-refractivity contribution < 1.29 is 23.8 Å². The second kappa shape index (κ2) is 9.96. The van der Waals surface area contributed by atoms with Crippen LogP contribution in [0.2, 0.25) is 0 Å². The van der Waals surface area contributed by atoms with Crippen molar-refractivity contribution in [2.75, 3.05) is 27.2 Å². The second-order valence-corrected chi connectivity index (χ2v) is 8.36. The number of aliphatic hydroxyl groups is 1. The van der Waals surface area contributed by atoms with Gasteiger partial charge in [0.05, 0.1) is 17.7 Å². The SMILES string of the molecule is CC(C)Oc1ccc(/C(O)=C2\C(=O)C(=O)N(CCCN(C)C)[C@@H]2c2ccccc2F)cc1. The summed E-state index contributed by atoms with van der Waals surface area (Å²) in [5.74, 6) is -1.81. The van der Waals surface area contributed by atoms with Crippen LogP contribution in [0.15, 0.2) is 54.1 Å². The van der Waals surface area contributed by atoms with Crippen LogP contribution in [0.25, 0.3) is 5.76 Å². The second-order valence-electron chi connectivity index (χ2n) is 8.36. The van der Waals surface area contributed by atoms with Gasteiger partial charge in [0.15, 0.2) is 0 Å². The first-order chi connectivity index (χ1) is 15.2. The van der Waals surface area contributed by atoms with E-state index in [0.717, 1.165) is 0 Å². The fourth-order valence-corrected chi connectivity index (χ4v) is 3.81. The number of hydrogen-bond donors (Lipinski definition) is 1. The first kappa shape index (κ1) is 23.5. The minimum absolute atomic E-state index is 0.0111. The number of carbonyl (C=O) groups is 2. The molecule has 0 aliphatic carbocycles. The van der Waals surface area contributed by atoms with Gasteiger partial charge >= 0.3 is 0 Å². The molecule has 0 saturated carbocycles. The highest BCUT2D eigenvalue weighted by Gasteiger charge is 2.46. The summed E-state index contributed by atoms with van der Waals surface area (Å²) in [4.78, 5) is 29.2. The van der Waals surface area contributed by atoms with Crippen molar-refractivity contribution in [1.29, 1.82) is 0 Å². The van der Waals surface area contributed by atoms with E-state index in [4.69, 9.17) is 4.74 Å². The zero-order valence-corrected chi connectivity index (χ0v) is 18.8. The van der Waals surface area contributed by atoms with E-state index in [-0.39, 0.29) is 29.5 Å². The molecule has 2 aromatic carbocycles. The average molecular weight is 441 g/mol. The summed E-state index contributed by atoms with van der Waals surface area (Å²) in [6.07, 6.45) is 0.592. The van der Waals surface area contributed by atoms with E-state index in [1.54, 1.807) is 36.4 Å². The summed E-state index contributed by atoms with van der Waals surface area (Å²) >= 11 is 0. The average Bonchev–Trinajstić information content (AvgIpc) is 2.98. The molecule has 1 heterocycles. The molecule has 32 heavy (non-hydrogen) atoms. The van der Waals surface area contributed by atoms with Gasteiger partial charge in [0.1, 0.15) is 17.3 Å². The van der Waals surface area contributed by atoms with Gasteiger partial charge in [-0.25, -0.2) is 4.39 Å². The molecule has 2 aromatic rings. The molecule has 1 N–H and O–H groups in total. The lowest BCUT2D eigenvalue weighted by Gasteiger charge is -2.26. The molecule has 0 radical (unpaired) electrons. The van der Waals surface area contributed by atoms with Crippen LogP contribution in [0, 0.1) is 5.82 Å². The third kappa shape index (κ3) is 4.99. The first-order valence-electron chi connectivity index (χ1n) is 10.7.